The van der Waals surface area contributed by atoms with Crippen LogP contribution in [0.25, 0.3) is 5.69 Å². The molecule has 0 bridgehead atoms. The molecule has 2 heterocycles. The molecule has 6 nitrogen and oxygen atoms in total. The van der Waals surface area contributed by atoms with Crippen LogP contribution in [0, 0.1) is 0 Å². The van der Waals surface area contributed by atoms with E-state index in [9.17, 15) is 9.59 Å². The zero-order valence-electron chi connectivity index (χ0n) is 15.0. The topological polar surface area (TPSA) is 73.2 Å². The van der Waals surface area contributed by atoms with E-state index in [0.717, 1.165) is 16.1 Å². The molecule has 1 amide bonds. The van der Waals surface area contributed by atoms with Crippen LogP contribution in [0.5, 0.6) is 0 Å². The number of nitrogens with one attached hydrogen (secondary N) is 1. The number of nitrogens with zero attached hydrogens (tertiary/aromatic N) is 2. The van der Waals surface area contributed by atoms with Crippen LogP contribution in [0.3, 0.4) is 0 Å². The summed E-state index contributed by atoms with van der Waals surface area (Å²) in [5, 5.41) is 9.20. The third-order valence-electron chi connectivity index (χ3n) is 4.12. The number of rotatable bonds is 8. The third kappa shape index (κ3) is 5.27. The number of para-hydroxylation sites is 1. The lowest BCUT2D eigenvalue weighted by Gasteiger charge is -2.16. The van der Waals surface area contributed by atoms with Gasteiger partial charge in [0.05, 0.1) is 31.5 Å². The molecule has 0 unspecified atom stereocenters. The molecule has 0 radical (unpaired) electrons. The van der Waals surface area contributed by atoms with Crippen LogP contribution >= 0.6 is 11.3 Å². The van der Waals surface area contributed by atoms with Gasteiger partial charge in [0.15, 0.2) is 0 Å². The van der Waals surface area contributed by atoms with E-state index < -0.39 is 0 Å². The average molecular weight is 383 g/mol. The number of hydrogen-bond donors (Lipinski definition) is 1. The number of carbonyl (C=O) groups is 2. The fourth-order valence-electron chi connectivity index (χ4n) is 2.70. The molecule has 1 aromatic carbocycles. The largest absolute Gasteiger partial charge is 0.469 e. The normalized spacial score (nSPS) is 11.7. The van der Waals surface area contributed by atoms with Crippen molar-refractivity contribution < 1.29 is 14.3 Å². The number of thiophene rings is 1. The van der Waals surface area contributed by atoms with Crippen molar-refractivity contribution in [2.24, 2.45) is 0 Å². The first kappa shape index (κ1) is 18.8. The molecule has 2 aromatic heterocycles. The highest BCUT2D eigenvalue weighted by Crippen LogP contribution is 2.22. The molecule has 0 aliphatic carbocycles. The molecule has 0 aliphatic rings. The number of esters is 1. The number of methoxy groups -OCH3 is 1. The number of carbonyl (C=O) groups excluding carboxylic acids is 2. The van der Waals surface area contributed by atoms with Gasteiger partial charge in [0, 0.05) is 17.5 Å². The summed E-state index contributed by atoms with van der Waals surface area (Å²) >= 11 is 1.51. The Morgan fingerprint density at radius 1 is 1.22 bits per heavy atom. The van der Waals surface area contributed by atoms with E-state index in [1.54, 1.807) is 10.9 Å². The van der Waals surface area contributed by atoms with Crippen molar-refractivity contribution in [1.82, 2.24) is 15.1 Å². The SMILES string of the molecule is COC(=O)C[C@H](NC(=O)CCc1cnn(-c2ccccc2)c1)c1cccs1. The first-order valence-electron chi connectivity index (χ1n) is 8.64. The van der Waals surface area contributed by atoms with Crippen molar-refractivity contribution >= 4 is 23.2 Å². The fraction of sp³-hybridized carbons (Fsp3) is 0.250. The minimum atomic E-state index is -0.364. The summed E-state index contributed by atoms with van der Waals surface area (Å²) in [5.41, 5.74) is 1.96. The Balaban J connectivity index is 1.57. The Morgan fingerprint density at radius 2 is 2.04 bits per heavy atom. The molecule has 140 valence electrons. The predicted molar refractivity (Wildman–Crippen MR) is 104 cm³/mol. The second-order valence-corrected chi connectivity index (χ2v) is 7.02. The lowest BCUT2D eigenvalue weighted by Crippen LogP contribution is -2.30. The van der Waals surface area contributed by atoms with Gasteiger partial charge in [-0.25, -0.2) is 4.68 Å². The number of benzene rings is 1. The molecule has 7 heteroatoms. The monoisotopic (exact) mass is 383 g/mol. The molecule has 3 rings (SSSR count). The molecule has 3 aromatic rings. The maximum absolute atomic E-state index is 12.4. The van der Waals surface area contributed by atoms with Crippen molar-refractivity contribution in [2.75, 3.05) is 7.11 Å². The molecule has 0 aliphatic heterocycles. The van der Waals surface area contributed by atoms with Crippen molar-refractivity contribution in [1.29, 1.82) is 0 Å². The highest BCUT2D eigenvalue weighted by Gasteiger charge is 2.19. The van der Waals surface area contributed by atoms with E-state index in [2.05, 4.69) is 10.4 Å². The standard InChI is InChI=1S/C20H21N3O3S/c1-26-20(25)12-17(18-8-5-11-27-18)22-19(24)10-9-15-13-21-23(14-15)16-6-3-2-4-7-16/h2-8,11,13-14,17H,9-10,12H2,1H3,(H,22,24)/t17-/m0/s1. The van der Waals surface area contributed by atoms with Gasteiger partial charge in [-0.15, -0.1) is 11.3 Å². The van der Waals surface area contributed by atoms with Crippen molar-refractivity contribution in [2.45, 2.75) is 25.3 Å². The lowest BCUT2D eigenvalue weighted by atomic mass is 10.1. The van der Waals surface area contributed by atoms with Crippen LogP contribution in [-0.4, -0.2) is 28.8 Å². The lowest BCUT2D eigenvalue weighted by molar-refractivity contribution is -0.141. The molecule has 1 atom stereocenters. The number of aromatic nitrogens is 2. The first-order chi connectivity index (χ1) is 13.2. The Bertz CT molecular complexity index is 875. The van der Waals surface area contributed by atoms with Crippen molar-refractivity contribution in [3.8, 4) is 5.69 Å². The highest BCUT2D eigenvalue weighted by molar-refractivity contribution is 7.10. The van der Waals surface area contributed by atoms with E-state index in [0.29, 0.717) is 12.8 Å². The van der Waals surface area contributed by atoms with Crippen molar-refractivity contribution in [3.05, 3.63) is 70.7 Å². The minimum absolute atomic E-state index is 0.107. The molecule has 0 fully saturated rings. The van der Waals surface area contributed by atoms with E-state index in [4.69, 9.17) is 4.74 Å². The third-order valence-corrected chi connectivity index (χ3v) is 5.10. The van der Waals surface area contributed by atoms with Gasteiger partial charge in [0.25, 0.3) is 0 Å². The van der Waals surface area contributed by atoms with Crippen LogP contribution in [0.4, 0.5) is 0 Å². The Labute approximate surface area is 161 Å². The maximum atomic E-state index is 12.4. The van der Waals surface area contributed by atoms with Gasteiger partial charge in [-0.05, 0) is 35.6 Å². The number of aryl methyl sites for hydroxylation is 1. The summed E-state index contributed by atoms with van der Waals surface area (Å²) in [6.45, 7) is 0. The number of ether oxygens (including phenoxy) is 1. The second kappa shape index (κ2) is 9.14. The zero-order chi connectivity index (χ0) is 19.1. The zero-order valence-corrected chi connectivity index (χ0v) is 15.8. The molecular weight excluding hydrogens is 362 g/mol. The molecule has 0 spiro atoms. The molecule has 0 saturated heterocycles. The summed E-state index contributed by atoms with van der Waals surface area (Å²) in [7, 11) is 1.35. The van der Waals surface area contributed by atoms with E-state index in [-0.39, 0.29) is 24.3 Å². The summed E-state index contributed by atoms with van der Waals surface area (Å²) in [4.78, 5) is 25.0. The highest BCUT2D eigenvalue weighted by atomic mass is 32.1. The van der Waals surface area contributed by atoms with Crippen LogP contribution in [-0.2, 0) is 20.7 Å². The van der Waals surface area contributed by atoms with Gasteiger partial charge >= 0.3 is 5.97 Å². The number of hydrogen-bond acceptors (Lipinski definition) is 5. The Kier molecular flexibility index (Phi) is 6.38. The van der Waals surface area contributed by atoms with E-state index in [1.807, 2.05) is 54.0 Å². The molecule has 1 N–H and O–H groups in total. The van der Waals surface area contributed by atoms with Gasteiger partial charge in [-0.3, -0.25) is 9.59 Å². The van der Waals surface area contributed by atoms with Gasteiger partial charge in [0.2, 0.25) is 5.91 Å². The van der Waals surface area contributed by atoms with Gasteiger partial charge < -0.3 is 10.1 Å². The first-order valence-corrected chi connectivity index (χ1v) is 9.52. The quantitative estimate of drug-likeness (QED) is 0.606. The average Bonchev–Trinajstić information content (AvgIpc) is 3.38. The van der Waals surface area contributed by atoms with Gasteiger partial charge in [-0.2, -0.15) is 5.10 Å². The van der Waals surface area contributed by atoms with Crippen LogP contribution in [0.15, 0.2) is 60.2 Å². The Hall–Kier alpha value is -2.93. The second-order valence-electron chi connectivity index (χ2n) is 6.04. The minimum Gasteiger partial charge on any atom is -0.469 e. The molecular formula is C20H21N3O3S. The van der Waals surface area contributed by atoms with E-state index in [1.165, 1.54) is 18.4 Å². The summed E-state index contributed by atoms with van der Waals surface area (Å²) < 4.78 is 6.53. The van der Waals surface area contributed by atoms with E-state index >= 15 is 0 Å². The van der Waals surface area contributed by atoms with Crippen LogP contribution in [0.2, 0.25) is 0 Å². The van der Waals surface area contributed by atoms with Crippen LogP contribution in [0.1, 0.15) is 29.3 Å². The number of amides is 1. The summed E-state index contributed by atoms with van der Waals surface area (Å²) in [5.74, 6) is -0.456. The molecule has 27 heavy (non-hydrogen) atoms. The predicted octanol–water partition coefficient (Wildman–Crippen LogP) is 3.29. The van der Waals surface area contributed by atoms with Crippen molar-refractivity contribution in [3.63, 3.8) is 0 Å². The fourth-order valence-corrected chi connectivity index (χ4v) is 3.48. The van der Waals surface area contributed by atoms with Gasteiger partial charge in [0.1, 0.15) is 0 Å². The maximum Gasteiger partial charge on any atom is 0.307 e. The molecule has 0 saturated carbocycles. The summed E-state index contributed by atoms with van der Waals surface area (Å²) in [6.07, 6.45) is 4.71. The van der Waals surface area contributed by atoms with Crippen LogP contribution < -0.4 is 5.32 Å². The Morgan fingerprint density at radius 3 is 2.74 bits per heavy atom. The van der Waals surface area contributed by atoms with Gasteiger partial charge in [-0.1, -0.05) is 24.3 Å². The summed E-state index contributed by atoms with van der Waals surface area (Å²) in [6, 6.07) is 13.3. The smallest absolute Gasteiger partial charge is 0.307 e.